The largest absolute Gasteiger partial charge is 0.384 e. The summed E-state index contributed by atoms with van der Waals surface area (Å²) in [6.45, 7) is 4.78. The molecule has 0 amide bonds. The van der Waals surface area contributed by atoms with Crippen LogP contribution in [-0.2, 0) is 11.2 Å². The van der Waals surface area contributed by atoms with Crippen LogP contribution in [0.1, 0.15) is 30.0 Å². The fourth-order valence-electron chi connectivity index (χ4n) is 1.42. The van der Waals surface area contributed by atoms with Crippen molar-refractivity contribution in [3.05, 3.63) is 23.3 Å². The van der Waals surface area contributed by atoms with Crippen molar-refractivity contribution in [1.29, 1.82) is 0 Å². The van der Waals surface area contributed by atoms with Gasteiger partial charge in [0.2, 0.25) is 0 Å². The number of rotatable bonds is 5. The molecule has 4 heteroatoms. The lowest BCUT2D eigenvalue weighted by Crippen LogP contribution is -2.15. The molecule has 0 aliphatic rings. The molecular formula is C11H19N3O. The second-order valence-electron chi connectivity index (χ2n) is 3.58. The topological polar surface area (TPSA) is 47.0 Å². The molecule has 15 heavy (non-hydrogen) atoms. The van der Waals surface area contributed by atoms with Crippen molar-refractivity contribution < 1.29 is 4.74 Å². The molecule has 1 aromatic heterocycles. The lowest BCUT2D eigenvalue weighted by atomic mass is 10.1. The highest BCUT2D eigenvalue weighted by atomic mass is 16.5. The number of nitrogens with one attached hydrogen (secondary N) is 1. The number of aryl methyl sites for hydroxylation is 1. The van der Waals surface area contributed by atoms with Crippen LogP contribution in [0.4, 0.5) is 0 Å². The zero-order chi connectivity index (χ0) is 11.3. The van der Waals surface area contributed by atoms with E-state index in [0.717, 1.165) is 23.5 Å². The summed E-state index contributed by atoms with van der Waals surface area (Å²) in [5.74, 6) is 0.849. The van der Waals surface area contributed by atoms with Crippen LogP contribution < -0.4 is 5.32 Å². The van der Waals surface area contributed by atoms with E-state index in [1.54, 1.807) is 7.11 Å². The minimum atomic E-state index is 0.293. The van der Waals surface area contributed by atoms with Crippen LogP contribution in [0.15, 0.2) is 6.20 Å². The highest BCUT2D eigenvalue weighted by Gasteiger charge is 2.08. The van der Waals surface area contributed by atoms with E-state index in [1.165, 1.54) is 0 Å². The monoisotopic (exact) mass is 209 g/mol. The summed E-state index contributed by atoms with van der Waals surface area (Å²) in [5, 5.41) is 3.18. The molecule has 1 aromatic rings. The van der Waals surface area contributed by atoms with E-state index >= 15 is 0 Å². The Labute approximate surface area is 91.1 Å². The molecule has 84 valence electrons. The van der Waals surface area contributed by atoms with Gasteiger partial charge in [-0.3, -0.25) is 0 Å². The minimum Gasteiger partial charge on any atom is -0.384 e. The predicted octanol–water partition coefficient (Wildman–Crippen LogP) is 1.25. The standard InChI is InChI=1S/C11H19N3O/c1-8(12-3)10-7-13-11(5-6-15-4)14-9(10)2/h7-8,12H,5-6H2,1-4H3. The van der Waals surface area contributed by atoms with Gasteiger partial charge in [0.25, 0.3) is 0 Å². The fraction of sp³-hybridized carbons (Fsp3) is 0.636. The van der Waals surface area contributed by atoms with Gasteiger partial charge in [0.1, 0.15) is 5.82 Å². The number of aromatic nitrogens is 2. The summed E-state index contributed by atoms with van der Waals surface area (Å²) in [4.78, 5) is 8.76. The Hall–Kier alpha value is -1.00. The van der Waals surface area contributed by atoms with Crippen molar-refractivity contribution in [2.75, 3.05) is 20.8 Å². The number of hydrogen-bond donors (Lipinski definition) is 1. The average molecular weight is 209 g/mol. The number of nitrogens with zero attached hydrogens (tertiary/aromatic N) is 2. The zero-order valence-electron chi connectivity index (χ0n) is 9.87. The van der Waals surface area contributed by atoms with Crippen LogP contribution in [0, 0.1) is 6.92 Å². The van der Waals surface area contributed by atoms with Crippen molar-refractivity contribution in [1.82, 2.24) is 15.3 Å². The van der Waals surface area contributed by atoms with Crippen LogP contribution in [0.5, 0.6) is 0 Å². The molecule has 0 aromatic carbocycles. The van der Waals surface area contributed by atoms with E-state index in [0.29, 0.717) is 12.6 Å². The van der Waals surface area contributed by atoms with Crippen LogP contribution in [0.25, 0.3) is 0 Å². The van der Waals surface area contributed by atoms with Crippen molar-refractivity contribution in [2.24, 2.45) is 0 Å². The molecule has 1 rings (SSSR count). The van der Waals surface area contributed by atoms with Gasteiger partial charge in [0, 0.05) is 37.0 Å². The van der Waals surface area contributed by atoms with E-state index in [9.17, 15) is 0 Å². The van der Waals surface area contributed by atoms with Crippen molar-refractivity contribution in [3.8, 4) is 0 Å². The molecule has 0 radical (unpaired) electrons. The molecule has 0 saturated carbocycles. The van der Waals surface area contributed by atoms with Crippen LogP contribution >= 0.6 is 0 Å². The highest BCUT2D eigenvalue weighted by molar-refractivity contribution is 5.19. The highest BCUT2D eigenvalue weighted by Crippen LogP contribution is 2.13. The van der Waals surface area contributed by atoms with E-state index in [1.807, 2.05) is 20.2 Å². The lowest BCUT2D eigenvalue weighted by molar-refractivity contribution is 0.200. The third kappa shape index (κ3) is 3.25. The molecule has 1 heterocycles. The Kier molecular flexibility index (Phi) is 4.65. The first-order valence-corrected chi connectivity index (χ1v) is 5.17. The molecular weight excluding hydrogens is 190 g/mol. The molecule has 0 aliphatic carbocycles. The molecule has 0 aliphatic heterocycles. The third-order valence-corrected chi connectivity index (χ3v) is 2.50. The SMILES string of the molecule is CNC(C)c1cnc(CCOC)nc1C. The summed E-state index contributed by atoms with van der Waals surface area (Å²) in [6, 6.07) is 0.293. The zero-order valence-corrected chi connectivity index (χ0v) is 9.87. The van der Waals surface area contributed by atoms with Gasteiger partial charge < -0.3 is 10.1 Å². The second-order valence-corrected chi connectivity index (χ2v) is 3.58. The number of methoxy groups -OCH3 is 1. The number of ether oxygens (including phenoxy) is 1. The summed E-state index contributed by atoms with van der Waals surface area (Å²) in [6.07, 6.45) is 2.67. The van der Waals surface area contributed by atoms with E-state index in [-0.39, 0.29) is 0 Å². The van der Waals surface area contributed by atoms with Gasteiger partial charge in [-0.2, -0.15) is 0 Å². The smallest absolute Gasteiger partial charge is 0.130 e. The molecule has 1 unspecified atom stereocenters. The van der Waals surface area contributed by atoms with Crippen molar-refractivity contribution in [3.63, 3.8) is 0 Å². The quantitative estimate of drug-likeness (QED) is 0.793. The van der Waals surface area contributed by atoms with Gasteiger partial charge in [-0.15, -0.1) is 0 Å². The normalized spacial score (nSPS) is 12.8. The van der Waals surface area contributed by atoms with Gasteiger partial charge in [0.15, 0.2) is 0 Å². The Morgan fingerprint density at radius 3 is 2.80 bits per heavy atom. The van der Waals surface area contributed by atoms with Gasteiger partial charge >= 0.3 is 0 Å². The third-order valence-electron chi connectivity index (χ3n) is 2.50. The Balaban J connectivity index is 2.78. The molecule has 1 atom stereocenters. The van der Waals surface area contributed by atoms with E-state index in [2.05, 4.69) is 22.2 Å². The van der Waals surface area contributed by atoms with Crippen LogP contribution in [-0.4, -0.2) is 30.7 Å². The van der Waals surface area contributed by atoms with E-state index in [4.69, 9.17) is 4.74 Å². The fourth-order valence-corrected chi connectivity index (χ4v) is 1.42. The van der Waals surface area contributed by atoms with Gasteiger partial charge in [-0.25, -0.2) is 9.97 Å². The van der Waals surface area contributed by atoms with Gasteiger partial charge in [-0.05, 0) is 20.9 Å². The van der Waals surface area contributed by atoms with Gasteiger partial charge in [0.05, 0.1) is 6.61 Å². The maximum atomic E-state index is 4.99. The summed E-state index contributed by atoms with van der Waals surface area (Å²) < 4.78 is 4.99. The van der Waals surface area contributed by atoms with Gasteiger partial charge in [-0.1, -0.05) is 0 Å². The molecule has 0 bridgehead atoms. The minimum absolute atomic E-state index is 0.293. The van der Waals surface area contributed by atoms with Crippen LogP contribution in [0.3, 0.4) is 0 Å². The summed E-state index contributed by atoms with van der Waals surface area (Å²) in [7, 11) is 3.62. The Morgan fingerprint density at radius 2 is 2.27 bits per heavy atom. The molecule has 0 saturated heterocycles. The Morgan fingerprint density at radius 1 is 1.53 bits per heavy atom. The molecule has 1 N–H and O–H groups in total. The average Bonchev–Trinajstić information content (AvgIpc) is 2.25. The second kappa shape index (κ2) is 5.78. The summed E-state index contributed by atoms with van der Waals surface area (Å²) >= 11 is 0. The van der Waals surface area contributed by atoms with E-state index < -0.39 is 0 Å². The summed E-state index contributed by atoms with van der Waals surface area (Å²) in [5.41, 5.74) is 2.19. The number of hydrogen-bond acceptors (Lipinski definition) is 4. The molecule has 0 spiro atoms. The van der Waals surface area contributed by atoms with Crippen LogP contribution in [0.2, 0.25) is 0 Å². The molecule has 4 nitrogen and oxygen atoms in total. The first-order valence-electron chi connectivity index (χ1n) is 5.17. The predicted molar refractivity (Wildman–Crippen MR) is 59.8 cm³/mol. The maximum Gasteiger partial charge on any atom is 0.130 e. The molecule has 0 fully saturated rings. The first kappa shape index (κ1) is 12.1. The first-order chi connectivity index (χ1) is 7.19. The Bertz CT molecular complexity index is 315. The lowest BCUT2D eigenvalue weighted by Gasteiger charge is -2.13. The maximum absolute atomic E-state index is 4.99. The van der Waals surface area contributed by atoms with Crippen molar-refractivity contribution in [2.45, 2.75) is 26.3 Å². The van der Waals surface area contributed by atoms with Crippen molar-refractivity contribution >= 4 is 0 Å².